The molecule has 0 heterocycles. The molecule has 2 aromatic rings. The number of benzene rings is 2. The number of nitrogens with zero attached hydrogens (tertiary/aromatic N) is 1. The number of carbonyl (C=O) groups excluding carboxylic acids is 2. The van der Waals surface area contributed by atoms with Crippen LogP contribution in [0.3, 0.4) is 0 Å². The van der Waals surface area contributed by atoms with Gasteiger partial charge < -0.3 is 14.9 Å². The van der Waals surface area contributed by atoms with E-state index in [2.05, 4.69) is 28.9 Å². The van der Waals surface area contributed by atoms with Crippen molar-refractivity contribution in [1.29, 1.82) is 0 Å². The number of methoxy groups -OCH3 is 1. The van der Waals surface area contributed by atoms with Crippen LogP contribution < -0.4 is 16.0 Å². The first-order chi connectivity index (χ1) is 14.0. The highest BCUT2D eigenvalue weighted by Gasteiger charge is 2.13. The zero-order chi connectivity index (χ0) is 21.2. The van der Waals surface area contributed by atoms with Crippen molar-refractivity contribution in [3.05, 3.63) is 65.2 Å². The van der Waals surface area contributed by atoms with Gasteiger partial charge in [0.15, 0.2) is 0 Å². The third-order valence-electron chi connectivity index (χ3n) is 4.53. The summed E-state index contributed by atoms with van der Waals surface area (Å²) < 4.78 is 5.46. The zero-order valence-corrected chi connectivity index (χ0v) is 17.0. The molecule has 0 aliphatic heterocycles. The van der Waals surface area contributed by atoms with Gasteiger partial charge in [-0.1, -0.05) is 32.0 Å². The van der Waals surface area contributed by atoms with Gasteiger partial charge in [-0.2, -0.15) is 5.90 Å². The maximum Gasteiger partial charge on any atom is 0.358 e. The molecule has 29 heavy (non-hydrogen) atoms. The minimum atomic E-state index is -0.721. The summed E-state index contributed by atoms with van der Waals surface area (Å²) in [7, 11) is 1.65. The second-order valence-corrected chi connectivity index (χ2v) is 6.31. The third-order valence-corrected chi connectivity index (χ3v) is 4.53. The highest BCUT2D eigenvalue weighted by molar-refractivity contribution is 6.06. The van der Waals surface area contributed by atoms with Crippen molar-refractivity contribution >= 4 is 23.6 Å². The van der Waals surface area contributed by atoms with Gasteiger partial charge in [-0.25, -0.2) is 4.79 Å². The molecule has 0 bridgehead atoms. The van der Waals surface area contributed by atoms with E-state index in [1.807, 2.05) is 18.2 Å². The van der Waals surface area contributed by atoms with Crippen molar-refractivity contribution in [2.45, 2.75) is 20.4 Å². The minimum absolute atomic E-state index is 0.183. The fraction of sp³-hybridized carbons (Fsp3) is 0.273. The van der Waals surface area contributed by atoms with E-state index in [4.69, 9.17) is 10.6 Å². The molecule has 0 aliphatic rings. The van der Waals surface area contributed by atoms with Crippen LogP contribution >= 0.6 is 0 Å². The Balaban J connectivity index is 2.15. The number of para-hydroxylation sites is 1. The van der Waals surface area contributed by atoms with Gasteiger partial charge in [-0.15, -0.1) is 0 Å². The highest BCUT2D eigenvalue weighted by atomic mass is 16.7. The van der Waals surface area contributed by atoms with Crippen molar-refractivity contribution < 1.29 is 19.2 Å². The Morgan fingerprint density at radius 3 is 2.52 bits per heavy atom. The molecule has 0 fully saturated rings. The Kier molecular flexibility index (Phi) is 8.39. The van der Waals surface area contributed by atoms with Gasteiger partial charge in [0.25, 0.3) is 0 Å². The van der Waals surface area contributed by atoms with E-state index in [1.165, 1.54) is 12.1 Å². The van der Waals surface area contributed by atoms with Crippen LogP contribution in [0.15, 0.2) is 48.5 Å². The molecule has 0 unspecified atom stereocenters. The minimum Gasteiger partial charge on any atom is -0.496 e. The van der Waals surface area contributed by atoms with E-state index >= 15 is 0 Å². The Bertz CT molecular complexity index is 876. The molecule has 0 aromatic heterocycles. The van der Waals surface area contributed by atoms with E-state index in [-0.39, 0.29) is 11.5 Å². The maximum absolute atomic E-state index is 12.3. The van der Waals surface area contributed by atoms with Gasteiger partial charge in [0.1, 0.15) is 5.75 Å². The maximum atomic E-state index is 12.3. The number of carbonyl (C=O) groups is 2. The molecule has 0 saturated carbocycles. The summed E-state index contributed by atoms with van der Waals surface area (Å²) in [6.07, 6.45) is 3.12. The van der Waals surface area contributed by atoms with Crippen LogP contribution in [0.4, 0.5) is 5.69 Å². The molecule has 2 rings (SSSR count). The molecule has 7 heteroatoms. The van der Waals surface area contributed by atoms with Gasteiger partial charge in [-0.05, 0) is 49.0 Å². The predicted octanol–water partition coefficient (Wildman–Crippen LogP) is 3.22. The SMILES string of the molecule is CCN(CC)Cc1cc(/C=C/C(=O)Nc2ccccc2C(=O)ON)ccc1OC. The Labute approximate surface area is 171 Å². The van der Waals surface area contributed by atoms with E-state index < -0.39 is 5.97 Å². The summed E-state index contributed by atoms with van der Waals surface area (Å²) in [5, 5.41) is 2.67. The number of ether oxygens (including phenoxy) is 1. The molecule has 0 spiro atoms. The van der Waals surface area contributed by atoms with Crippen molar-refractivity contribution in [1.82, 2.24) is 4.90 Å². The largest absolute Gasteiger partial charge is 0.496 e. The lowest BCUT2D eigenvalue weighted by Gasteiger charge is -2.20. The first-order valence-electron chi connectivity index (χ1n) is 9.40. The van der Waals surface area contributed by atoms with Gasteiger partial charge in [-0.3, -0.25) is 9.69 Å². The molecule has 7 nitrogen and oxygen atoms in total. The molecular formula is C22H27N3O4. The molecule has 1 amide bonds. The summed E-state index contributed by atoms with van der Waals surface area (Å²) in [4.78, 5) is 30.5. The number of nitrogens with one attached hydrogen (secondary N) is 1. The standard InChI is InChI=1S/C22H27N3O4/c1-4-25(5-2)15-17-14-16(10-12-20(17)28-3)11-13-21(26)24-19-9-7-6-8-18(19)22(27)29-23/h6-14H,4-5,15,23H2,1-3H3,(H,24,26)/b13-11+. The number of rotatable bonds is 9. The smallest absolute Gasteiger partial charge is 0.358 e. The van der Waals surface area contributed by atoms with Gasteiger partial charge in [0.05, 0.1) is 18.4 Å². The quantitative estimate of drug-likeness (QED) is 0.498. The second-order valence-electron chi connectivity index (χ2n) is 6.31. The van der Waals surface area contributed by atoms with Crippen molar-refractivity contribution in [3.8, 4) is 5.75 Å². The molecule has 0 saturated heterocycles. The Hall–Kier alpha value is -3.16. The Morgan fingerprint density at radius 1 is 1.14 bits per heavy atom. The number of hydrogen-bond acceptors (Lipinski definition) is 6. The monoisotopic (exact) mass is 397 g/mol. The van der Waals surface area contributed by atoms with Crippen LogP contribution in [-0.2, 0) is 16.2 Å². The Morgan fingerprint density at radius 2 is 1.86 bits per heavy atom. The molecule has 0 atom stereocenters. The second kappa shape index (κ2) is 11.0. The molecule has 2 aromatic carbocycles. The number of nitrogens with two attached hydrogens (primary N) is 1. The fourth-order valence-electron chi connectivity index (χ4n) is 2.89. The molecular weight excluding hydrogens is 370 g/mol. The fourth-order valence-corrected chi connectivity index (χ4v) is 2.89. The average Bonchev–Trinajstić information content (AvgIpc) is 2.75. The summed E-state index contributed by atoms with van der Waals surface area (Å²) >= 11 is 0. The normalized spacial score (nSPS) is 10.9. The van der Waals surface area contributed by atoms with E-state index in [1.54, 1.807) is 31.4 Å². The lowest BCUT2D eigenvalue weighted by Crippen LogP contribution is -2.22. The first-order valence-corrected chi connectivity index (χ1v) is 9.40. The third kappa shape index (κ3) is 6.17. The van der Waals surface area contributed by atoms with Gasteiger partial charge in [0.2, 0.25) is 5.91 Å². The molecule has 0 aliphatic carbocycles. The van der Waals surface area contributed by atoms with E-state index in [0.717, 1.165) is 36.5 Å². The van der Waals surface area contributed by atoms with Crippen LogP contribution in [0.1, 0.15) is 35.3 Å². The van der Waals surface area contributed by atoms with Crippen LogP contribution in [0.2, 0.25) is 0 Å². The van der Waals surface area contributed by atoms with Gasteiger partial charge >= 0.3 is 5.97 Å². The van der Waals surface area contributed by atoms with Crippen molar-refractivity contribution in [2.24, 2.45) is 5.90 Å². The number of hydrogen-bond donors (Lipinski definition) is 2. The summed E-state index contributed by atoms with van der Waals surface area (Å²) in [6.45, 7) is 6.86. The average molecular weight is 397 g/mol. The van der Waals surface area contributed by atoms with Crippen LogP contribution in [0.5, 0.6) is 5.75 Å². The molecule has 0 radical (unpaired) electrons. The number of amides is 1. The highest BCUT2D eigenvalue weighted by Crippen LogP contribution is 2.22. The lowest BCUT2D eigenvalue weighted by atomic mass is 10.1. The van der Waals surface area contributed by atoms with E-state index in [0.29, 0.717) is 5.69 Å². The lowest BCUT2D eigenvalue weighted by molar-refractivity contribution is -0.111. The zero-order valence-electron chi connectivity index (χ0n) is 17.0. The summed E-state index contributed by atoms with van der Waals surface area (Å²) in [5.74, 6) is 4.66. The van der Waals surface area contributed by atoms with Gasteiger partial charge in [0, 0.05) is 18.2 Å². The first kappa shape index (κ1) is 22.1. The predicted molar refractivity (Wildman–Crippen MR) is 113 cm³/mol. The molecule has 3 N–H and O–H groups in total. The molecule has 154 valence electrons. The topological polar surface area (TPSA) is 93.9 Å². The summed E-state index contributed by atoms with van der Waals surface area (Å²) in [5.41, 5.74) is 2.44. The summed E-state index contributed by atoms with van der Waals surface area (Å²) in [6, 6.07) is 12.3. The number of anilines is 1. The van der Waals surface area contributed by atoms with Crippen LogP contribution in [0, 0.1) is 0 Å². The van der Waals surface area contributed by atoms with Crippen molar-refractivity contribution in [3.63, 3.8) is 0 Å². The van der Waals surface area contributed by atoms with E-state index in [9.17, 15) is 9.59 Å². The van der Waals surface area contributed by atoms with Crippen LogP contribution in [-0.4, -0.2) is 37.0 Å². The van der Waals surface area contributed by atoms with Crippen LogP contribution in [0.25, 0.3) is 6.08 Å². The van der Waals surface area contributed by atoms with Crippen molar-refractivity contribution in [2.75, 3.05) is 25.5 Å².